The predicted molar refractivity (Wildman–Crippen MR) is 152 cm³/mol. The van der Waals surface area contributed by atoms with E-state index in [4.69, 9.17) is 10.1 Å². The maximum Gasteiger partial charge on any atom is 0.335 e. The van der Waals surface area contributed by atoms with Crippen LogP contribution < -0.4 is 26.6 Å². The van der Waals surface area contributed by atoms with E-state index in [0.717, 1.165) is 39.7 Å². The second-order valence-corrected chi connectivity index (χ2v) is 8.98. The van der Waals surface area contributed by atoms with Crippen LogP contribution in [0, 0.1) is 17.0 Å². The van der Waals surface area contributed by atoms with Crippen LogP contribution >= 0.6 is 0 Å². The summed E-state index contributed by atoms with van der Waals surface area (Å²) >= 11 is 0. The van der Waals surface area contributed by atoms with Crippen LogP contribution in [-0.4, -0.2) is 39.1 Å². The van der Waals surface area contributed by atoms with Gasteiger partial charge in [-0.1, -0.05) is 0 Å². The van der Waals surface area contributed by atoms with Crippen molar-refractivity contribution in [2.75, 3.05) is 12.4 Å². The molecule has 0 saturated heterocycles. The van der Waals surface area contributed by atoms with Crippen molar-refractivity contribution in [2.45, 2.75) is 20.4 Å². The topological polar surface area (TPSA) is 139 Å². The fourth-order valence-corrected chi connectivity index (χ4v) is 3.93. The van der Waals surface area contributed by atoms with Crippen molar-refractivity contribution >= 4 is 23.7 Å². The van der Waals surface area contributed by atoms with Crippen molar-refractivity contribution in [3.8, 4) is 11.4 Å². The number of rotatable bonds is 8. The number of ether oxygens (including phenoxy) is 1. The molecule has 13 heteroatoms. The summed E-state index contributed by atoms with van der Waals surface area (Å²) in [6.07, 6.45) is 6.53. The highest BCUT2D eigenvalue weighted by Gasteiger charge is 2.21. The number of benzene rings is 2. The molecule has 0 fully saturated rings. The standard InChI is InChI=1S/C29H26F2N6O5/c1-4-36-16-22(28(40)37(29(36)41)20-8-5-18(30)6-9-20)27(39)34-19-7-10-25(23(31)13-19)42-26-14-21(35(3)17(2)38)15-33-24(26)11-12-32/h5-16,32-33H,4H2,1-3H3,(H,34,39)/b24-11-,32-12?. The molecule has 0 radical (unpaired) electrons. The number of allylic oxidation sites excluding steroid dienone is 2. The third-order valence-electron chi connectivity index (χ3n) is 6.26. The first kappa shape index (κ1) is 29.4. The molecule has 0 unspecified atom stereocenters. The van der Waals surface area contributed by atoms with E-state index in [0.29, 0.717) is 11.4 Å². The van der Waals surface area contributed by atoms with E-state index < -0.39 is 34.4 Å². The van der Waals surface area contributed by atoms with E-state index in [-0.39, 0.29) is 35.3 Å². The number of halogens is 2. The van der Waals surface area contributed by atoms with Crippen LogP contribution in [0.1, 0.15) is 24.2 Å². The third-order valence-corrected chi connectivity index (χ3v) is 6.26. The fraction of sp³-hybridized carbons (Fsp3) is 0.138. The summed E-state index contributed by atoms with van der Waals surface area (Å²) < 4.78 is 36.2. The first-order chi connectivity index (χ1) is 20.0. The number of aromatic nitrogens is 2. The Bertz CT molecular complexity index is 1790. The number of carbonyl (C=O) groups excluding carboxylic acids is 2. The molecule has 2 amide bonds. The van der Waals surface area contributed by atoms with E-state index in [1.165, 1.54) is 54.4 Å². The molecule has 1 aromatic heterocycles. The molecular formula is C29H26F2N6O5. The van der Waals surface area contributed by atoms with E-state index in [1.807, 2.05) is 0 Å². The Kier molecular flexibility index (Phi) is 8.60. The Morgan fingerprint density at radius 1 is 1.14 bits per heavy atom. The lowest BCUT2D eigenvalue weighted by Crippen LogP contribution is -2.42. The van der Waals surface area contributed by atoms with Crippen LogP contribution in [-0.2, 0) is 11.3 Å². The van der Waals surface area contributed by atoms with Gasteiger partial charge in [-0.25, -0.2) is 18.1 Å². The lowest BCUT2D eigenvalue weighted by atomic mass is 10.2. The summed E-state index contributed by atoms with van der Waals surface area (Å²) in [6, 6.07) is 8.23. The van der Waals surface area contributed by atoms with Gasteiger partial charge in [-0.2, -0.15) is 0 Å². The lowest BCUT2D eigenvalue weighted by Gasteiger charge is -2.23. The van der Waals surface area contributed by atoms with Gasteiger partial charge in [0.05, 0.1) is 17.1 Å². The van der Waals surface area contributed by atoms with Crippen LogP contribution in [0.3, 0.4) is 0 Å². The van der Waals surface area contributed by atoms with Crippen LogP contribution in [0.4, 0.5) is 14.5 Å². The van der Waals surface area contributed by atoms with E-state index >= 15 is 4.39 Å². The Balaban J connectivity index is 1.62. The molecule has 0 atom stereocenters. The number of hydrogen-bond acceptors (Lipinski definition) is 7. The van der Waals surface area contributed by atoms with Crippen LogP contribution in [0.5, 0.6) is 5.75 Å². The quantitative estimate of drug-likeness (QED) is 0.352. The highest BCUT2D eigenvalue weighted by Crippen LogP contribution is 2.27. The van der Waals surface area contributed by atoms with Crippen molar-refractivity contribution in [1.82, 2.24) is 19.4 Å². The van der Waals surface area contributed by atoms with Gasteiger partial charge < -0.3 is 25.7 Å². The minimum Gasteiger partial charge on any atom is -0.452 e. The number of carbonyl (C=O) groups is 2. The smallest absolute Gasteiger partial charge is 0.335 e. The zero-order valence-electron chi connectivity index (χ0n) is 22.8. The average molecular weight is 577 g/mol. The van der Waals surface area contributed by atoms with Gasteiger partial charge in [-0.05, 0) is 49.4 Å². The second kappa shape index (κ2) is 12.3. The van der Waals surface area contributed by atoms with Gasteiger partial charge in [-0.15, -0.1) is 0 Å². The van der Waals surface area contributed by atoms with Gasteiger partial charge in [0.2, 0.25) is 5.91 Å². The van der Waals surface area contributed by atoms with E-state index in [1.54, 1.807) is 14.0 Å². The molecule has 0 aliphatic carbocycles. The SMILES string of the molecule is CCn1cc(C(=O)Nc2ccc(OC3=CC(N(C)C(C)=O)=CN/C3=C\C=N)c(F)c2)c(=O)n(-c2ccc(F)cc2)c1=O. The van der Waals surface area contributed by atoms with Crippen LogP contribution in [0.25, 0.3) is 5.69 Å². The Morgan fingerprint density at radius 3 is 2.48 bits per heavy atom. The Morgan fingerprint density at radius 2 is 1.86 bits per heavy atom. The van der Waals surface area contributed by atoms with Crippen molar-refractivity contribution < 1.29 is 23.1 Å². The number of aryl methyl sites for hydroxylation is 1. The number of nitrogens with zero attached hydrogens (tertiary/aromatic N) is 3. The molecule has 0 saturated carbocycles. The van der Waals surface area contributed by atoms with E-state index in [2.05, 4.69) is 10.6 Å². The molecule has 216 valence electrons. The summed E-state index contributed by atoms with van der Waals surface area (Å²) in [5.41, 5.74) is -1.20. The van der Waals surface area contributed by atoms with Crippen molar-refractivity contribution in [3.63, 3.8) is 0 Å². The van der Waals surface area contributed by atoms with Crippen LogP contribution in [0.2, 0.25) is 0 Å². The number of hydrogen-bond donors (Lipinski definition) is 3. The zero-order valence-corrected chi connectivity index (χ0v) is 22.8. The number of dihydropyridines is 1. The van der Waals surface area contributed by atoms with Crippen LogP contribution in [0.15, 0.2) is 93.8 Å². The number of likely N-dealkylation sites (N-methyl/N-ethyl adjacent to an activating group) is 1. The molecule has 3 aromatic rings. The molecule has 2 heterocycles. The molecule has 42 heavy (non-hydrogen) atoms. The first-order valence-corrected chi connectivity index (χ1v) is 12.6. The molecule has 1 aliphatic heterocycles. The molecule has 0 spiro atoms. The lowest BCUT2D eigenvalue weighted by molar-refractivity contribution is -0.125. The predicted octanol–water partition coefficient (Wildman–Crippen LogP) is 3.27. The van der Waals surface area contributed by atoms with Crippen molar-refractivity contribution in [3.05, 3.63) is 122 Å². The number of anilines is 1. The molecule has 4 rings (SSSR count). The summed E-state index contributed by atoms with van der Waals surface area (Å²) in [6.45, 7) is 3.16. The normalized spacial score (nSPS) is 13.5. The van der Waals surface area contributed by atoms with Gasteiger partial charge >= 0.3 is 5.69 Å². The van der Waals surface area contributed by atoms with Gasteiger partial charge in [0.25, 0.3) is 11.5 Å². The maximum absolute atomic E-state index is 15.1. The third kappa shape index (κ3) is 6.09. The Hall–Kier alpha value is -5.59. The van der Waals surface area contributed by atoms with Gasteiger partial charge in [0, 0.05) is 57.0 Å². The first-order valence-electron chi connectivity index (χ1n) is 12.6. The monoisotopic (exact) mass is 576 g/mol. The summed E-state index contributed by atoms with van der Waals surface area (Å²) in [4.78, 5) is 52.2. The Labute approximate surface area is 238 Å². The number of amides is 2. The van der Waals surface area contributed by atoms with Crippen molar-refractivity contribution in [2.24, 2.45) is 0 Å². The highest BCUT2D eigenvalue weighted by molar-refractivity contribution is 6.03. The molecule has 1 aliphatic rings. The molecule has 2 aromatic carbocycles. The fourth-order valence-electron chi connectivity index (χ4n) is 3.93. The molecular weight excluding hydrogens is 550 g/mol. The molecule has 3 N–H and O–H groups in total. The minimum atomic E-state index is -0.934. The largest absolute Gasteiger partial charge is 0.452 e. The van der Waals surface area contributed by atoms with Gasteiger partial charge in [0.1, 0.15) is 11.4 Å². The second-order valence-electron chi connectivity index (χ2n) is 8.98. The number of nitrogens with one attached hydrogen (secondary N) is 3. The highest BCUT2D eigenvalue weighted by atomic mass is 19.1. The van der Waals surface area contributed by atoms with Crippen molar-refractivity contribution in [1.29, 1.82) is 5.41 Å². The van der Waals surface area contributed by atoms with Gasteiger partial charge in [-0.3, -0.25) is 19.0 Å². The zero-order chi connectivity index (χ0) is 30.6. The summed E-state index contributed by atoms with van der Waals surface area (Å²) in [5, 5.41) is 12.7. The molecule has 0 bridgehead atoms. The van der Waals surface area contributed by atoms with E-state index in [9.17, 15) is 23.6 Å². The summed E-state index contributed by atoms with van der Waals surface area (Å²) in [7, 11) is 1.55. The summed E-state index contributed by atoms with van der Waals surface area (Å²) in [5.74, 6) is -2.66. The molecule has 11 nitrogen and oxygen atoms in total. The van der Waals surface area contributed by atoms with Gasteiger partial charge in [0.15, 0.2) is 17.3 Å². The minimum absolute atomic E-state index is 0.00488. The average Bonchev–Trinajstić information content (AvgIpc) is 2.96. The maximum atomic E-state index is 15.1.